The van der Waals surface area contributed by atoms with Crippen LogP contribution in [0.4, 0.5) is 4.39 Å². The number of hydrogen-bond donors (Lipinski definition) is 0. The second-order valence-electron chi connectivity index (χ2n) is 2.96. The first kappa shape index (κ1) is 11.5. The monoisotopic (exact) mass is 262 g/mol. The summed E-state index contributed by atoms with van der Waals surface area (Å²) in [5.41, 5.74) is 0. The summed E-state index contributed by atoms with van der Waals surface area (Å²) in [7, 11) is 1.61. The van der Waals surface area contributed by atoms with E-state index < -0.39 is 0 Å². The van der Waals surface area contributed by atoms with Crippen LogP contribution in [0.25, 0.3) is 0 Å². The van der Waals surface area contributed by atoms with Gasteiger partial charge in [-0.15, -0.1) is 0 Å². The average molecular weight is 263 g/mol. The number of methoxy groups -OCH3 is 1. The van der Waals surface area contributed by atoms with Crippen LogP contribution in [-0.4, -0.2) is 19.8 Å². The standard InChI is InChI=1S/C10H12BrFO2/c1-7(6-13-2)14-10-4-3-8(12)5-9(10)11/h3-5,7H,6H2,1-2H3. The van der Waals surface area contributed by atoms with Gasteiger partial charge in [0.25, 0.3) is 0 Å². The molecule has 1 aromatic rings. The molecule has 4 heteroatoms. The van der Waals surface area contributed by atoms with E-state index in [2.05, 4.69) is 15.9 Å². The van der Waals surface area contributed by atoms with E-state index in [4.69, 9.17) is 9.47 Å². The second-order valence-corrected chi connectivity index (χ2v) is 3.81. The van der Waals surface area contributed by atoms with E-state index in [1.807, 2.05) is 6.92 Å². The highest BCUT2D eigenvalue weighted by Crippen LogP contribution is 2.26. The molecule has 0 saturated heterocycles. The highest BCUT2D eigenvalue weighted by atomic mass is 79.9. The van der Waals surface area contributed by atoms with E-state index in [0.717, 1.165) is 0 Å². The van der Waals surface area contributed by atoms with Gasteiger partial charge in [-0.1, -0.05) is 0 Å². The van der Waals surface area contributed by atoms with Crippen molar-refractivity contribution in [3.63, 3.8) is 0 Å². The second kappa shape index (κ2) is 5.32. The molecule has 0 spiro atoms. The Kier molecular flexibility index (Phi) is 4.35. The van der Waals surface area contributed by atoms with Crippen LogP contribution >= 0.6 is 15.9 Å². The zero-order valence-electron chi connectivity index (χ0n) is 8.09. The third-order valence-electron chi connectivity index (χ3n) is 1.62. The lowest BCUT2D eigenvalue weighted by Gasteiger charge is -2.14. The highest BCUT2D eigenvalue weighted by Gasteiger charge is 2.07. The largest absolute Gasteiger partial charge is 0.487 e. The van der Waals surface area contributed by atoms with Gasteiger partial charge in [0.2, 0.25) is 0 Å². The molecule has 0 heterocycles. The summed E-state index contributed by atoms with van der Waals surface area (Å²) in [5, 5.41) is 0. The lowest BCUT2D eigenvalue weighted by Crippen LogP contribution is -2.18. The third-order valence-corrected chi connectivity index (χ3v) is 2.24. The Labute approximate surface area is 91.2 Å². The van der Waals surface area contributed by atoms with E-state index in [-0.39, 0.29) is 11.9 Å². The summed E-state index contributed by atoms with van der Waals surface area (Å²) in [6.45, 7) is 2.39. The van der Waals surface area contributed by atoms with Gasteiger partial charge in [0.1, 0.15) is 17.7 Å². The Hall–Kier alpha value is -0.610. The van der Waals surface area contributed by atoms with Crippen LogP contribution in [0.3, 0.4) is 0 Å². The summed E-state index contributed by atoms with van der Waals surface area (Å²) >= 11 is 3.22. The van der Waals surface area contributed by atoms with E-state index in [1.165, 1.54) is 12.1 Å². The summed E-state index contributed by atoms with van der Waals surface area (Å²) in [6, 6.07) is 4.32. The first-order valence-corrected chi connectivity index (χ1v) is 5.03. The molecule has 0 N–H and O–H groups in total. The molecule has 0 bridgehead atoms. The van der Waals surface area contributed by atoms with Crippen LogP contribution in [0.15, 0.2) is 22.7 Å². The number of halogens is 2. The Morgan fingerprint density at radius 1 is 1.50 bits per heavy atom. The predicted molar refractivity (Wildman–Crippen MR) is 56.1 cm³/mol. The van der Waals surface area contributed by atoms with Crippen molar-refractivity contribution in [2.75, 3.05) is 13.7 Å². The topological polar surface area (TPSA) is 18.5 Å². The van der Waals surface area contributed by atoms with Crippen LogP contribution in [-0.2, 0) is 4.74 Å². The fourth-order valence-corrected chi connectivity index (χ4v) is 1.50. The van der Waals surface area contributed by atoms with E-state index >= 15 is 0 Å². The van der Waals surface area contributed by atoms with Gasteiger partial charge in [0, 0.05) is 7.11 Å². The minimum Gasteiger partial charge on any atom is -0.487 e. The molecular weight excluding hydrogens is 251 g/mol. The lowest BCUT2D eigenvalue weighted by molar-refractivity contribution is 0.0915. The quantitative estimate of drug-likeness (QED) is 0.831. The summed E-state index contributed by atoms with van der Waals surface area (Å²) in [4.78, 5) is 0. The van der Waals surface area contributed by atoms with Gasteiger partial charge in [0.15, 0.2) is 0 Å². The molecule has 2 nitrogen and oxygen atoms in total. The van der Waals surface area contributed by atoms with Gasteiger partial charge in [0.05, 0.1) is 11.1 Å². The molecule has 0 aliphatic rings. The Morgan fingerprint density at radius 3 is 2.79 bits per heavy atom. The Bertz CT molecular complexity index is 304. The van der Waals surface area contributed by atoms with Crippen LogP contribution in [0.1, 0.15) is 6.92 Å². The molecule has 0 aromatic heterocycles. The van der Waals surface area contributed by atoms with Gasteiger partial charge in [-0.2, -0.15) is 0 Å². The van der Waals surface area contributed by atoms with E-state index in [9.17, 15) is 4.39 Å². The first-order valence-electron chi connectivity index (χ1n) is 4.24. The number of rotatable bonds is 4. The molecule has 1 aromatic carbocycles. The minimum absolute atomic E-state index is 0.0539. The molecule has 0 amide bonds. The van der Waals surface area contributed by atoms with Gasteiger partial charge >= 0.3 is 0 Å². The predicted octanol–water partition coefficient (Wildman–Crippen LogP) is 3.00. The molecule has 0 saturated carbocycles. The van der Waals surface area contributed by atoms with Crippen LogP contribution in [0.5, 0.6) is 5.75 Å². The Balaban J connectivity index is 2.67. The zero-order chi connectivity index (χ0) is 10.6. The summed E-state index contributed by atoms with van der Waals surface area (Å²) < 4.78 is 23.8. The van der Waals surface area contributed by atoms with Gasteiger partial charge in [-0.3, -0.25) is 0 Å². The van der Waals surface area contributed by atoms with Crippen molar-refractivity contribution < 1.29 is 13.9 Å². The average Bonchev–Trinajstić information content (AvgIpc) is 2.10. The van der Waals surface area contributed by atoms with Gasteiger partial charge < -0.3 is 9.47 Å². The van der Waals surface area contributed by atoms with Crippen LogP contribution in [0.2, 0.25) is 0 Å². The summed E-state index contributed by atoms with van der Waals surface area (Å²) in [6.07, 6.45) is -0.0539. The van der Waals surface area contributed by atoms with Crippen molar-refractivity contribution in [1.82, 2.24) is 0 Å². The van der Waals surface area contributed by atoms with Crippen molar-refractivity contribution in [2.24, 2.45) is 0 Å². The van der Waals surface area contributed by atoms with Gasteiger partial charge in [-0.25, -0.2) is 4.39 Å². The fourth-order valence-electron chi connectivity index (χ4n) is 1.06. The minimum atomic E-state index is -0.288. The SMILES string of the molecule is COCC(C)Oc1ccc(F)cc1Br. The van der Waals surface area contributed by atoms with Crippen molar-refractivity contribution in [1.29, 1.82) is 0 Å². The van der Waals surface area contributed by atoms with Crippen molar-refractivity contribution in [2.45, 2.75) is 13.0 Å². The fraction of sp³-hybridized carbons (Fsp3) is 0.400. The molecule has 0 fully saturated rings. The van der Waals surface area contributed by atoms with Crippen molar-refractivity contribution in [3.05, 3.63) is 28.5 Å². The first-order chi connectivity index (χ1) is 6.63. The molecule has 0 aliphatic heterocycles. The maximum absolute atomic E-state index is 12.7. The Morgan fingerprint density at radius 2 is 2.21 bits per heavy atom. The zero-order valence-corrected chi connectivity index (χ0v) is 9.67. The lowest BCUT2D eigenvalue weighted by atomic mass is 10.3. The van der Waals surface area contributed by atoms with Gasteiger partial charge in [-0.05, 0) is 41.1 Å². The number of benzene rings is 1. The molecule has 1 unspecified atom stereocenters. The normalized spacial score (nSPS) is 12.6. The van der Waals surface area contributed by atoms with Crippen LogP contribution in [0, 0.1) is 5.82 Å². The smallest absolute Gasteiger partial charge is 0.134 e. The maximum atomic E-state index is 12.7. The van der Waals surface area contributed by atoms with Crippen LogP contribution < -0.4 is 4.74 Å². The molecule has 14 heavy (non-hydrogen) atoms. The van der Waals surface area contributed by atoms with E-state index in [0.29, 0.717) is 16.8 Å². The molecule has 1 atom stereocenters. The van der Waals surface area contributed by atoms with E-state index in [1.54, 1.807) is 13.2 Å². The molecule has 0 radical (unpaired) electrons. The molecule has 0 aliphatic carbocycles. The highest BCUT2D eigenvalue weighted by molar-refractivity contribution is 9.10. The van der Waals surface area contributed by atoms with Crippen molar-refractivity contribution >= 4 is 15.9 Å². The molecular formula is C10H12BrFO2. The molecule has 1 rings (SSSR count). The molecule has 78 valence electrons. The summed E-state index contributed by atoms with van der Waals surface area (Å²) in [5.74, 6) is 0.333. The number of hydrogen-bond acceptors (Lipinski definition) is 2. The maximum Gasteiger partial charge on any atom is 0.134 e. The third kappa shape index (κ3) is 3.27. The van der Waals surface area contributed by atoms with Crippen molar-refractivity contribution in [3.8, 4) is 5.75 Å². The number of ether oxygens (including phenoxy) is 2.